The van der Waals surface area contributed by atoms with Crippen LogP contribution >= 0.6 is 0 Å². The van der Waals surface area contributed by atoms with E-state index in [4.69, 9.17) is 5.73 Å². The van der Waals surface area contributed by atoms with Gasteiger partial charge in [0.1, 0.15) is 0 Å². The van der Waals surface area contributed by atoms with Crippen LogP contribution in [0.15, 0.2) is 24.5 Å². The van der Waals surface area contributed by atoms with Crippen LogP contribution in [0.2, 0.25) is 0 Å². The minimum Gasteiger partial charge on any atom is -0.352 e. The van der Waals surface area contributed by atoms with Gasteiger partial charge < -0.3 is 11.1 Å². The lowest BCUT2D eigenvalue weighted by Gasteiger charge is -2.04. The molecule has 0 bridgehead atoms. The van der Waals surface area contributed by atoms with Crippen molar-refractivity contribution in [2.45, 2.75) is 32.2 Å². The van der Waals surface area contributed by atoms with E-state index in [1.807, 2.05) is 12.1 Å². The van der Waals surface area contributed by atoms with Gasteiger partial charge in [0.05, 0.1) is 0 Å². The normalized spacial score (nSPS) is 10.1. The van der Waals surface area contributed by atoms with Gasteiger partial charge in [0, 0.05) is 25.4 Å². The van der Waals surface area contributed by atoms with Gasteiger partial charge in [-0.2, -0.15) is 0 Å². The minimum absolute atomic E-state index is 0.0980. The quantitative estimate of drug-likeness (QED) is 0.680. The van der Waals surface area contributed by atoms with Crippen molar-refractivity contribution in [1.29, 1.82) is 0 Å². The highest BCUT2D eigenvalue weighted by atomic mass is 16.1. The van der Waals surface area contributed by atoms with Gasteiger partial charge in [-0.05, 0) is 31.0 Å². The molecule has 0 spiro atoms. The molecule has 0 aliphatic carbocycles. The Labute approximate surface area is 96.3 Å². The molecule has 0 saturated carbocycles. The van der Waals surface area contributed by atoms with Crippen LogP contribution in [0.25, 0.3) is 0 Å². The van der Waals surface area contributed by atoms with Gasteiger partial charge in [-0.25, -0.2) is 0 Å². The molecule has 0 aliphatic heterocycles. The molecule has 1 aromatic rings. The maximum atomic E-state index is 11.4. The van der Waals surface area contributed by atoms with E-state index in [2.05, 4.69) is 10.3 Å². The molecule has 4 heteroatoms. The van der Waals surface area contributed by atoms with E-state index in [0.29, 0.717) is 19.5 Å². The summed E-state index contributed by atoms with van der Waals surface area (Å²) in [5.41, 5.74) is 6.40. The zero-order valence-corrected chi connectivity index (χ0v) is 9.48. The average molecular weight is 221 g/mol. The highest BCUT2D eigenvalue weighted by Gasteiger charge is 2.00. The Kier molecular flexibility index (Phi) is 6.18. The molecular weight excluding hydrogens is 202 g/mol. The van der Waals surface area contributed by atoms with Crippen molar-refractivity contribution >= 4 is 5.91 Å². The maximum absolute atomic E-state index is 11.4. The van der Waals surface area contributed by atoms with Crippen molar-refractivity contribution in [3.8, 4) is 0 Å². The van der Waals surface area contributed by atoms with Crippen molar-refractivity contribution in [3.63, 3.8) is 0 Å². The van der Waals surface area contributed by atoms with Gasteiger partial charge in [0.2, 0.25) is 5.91 Å². The third-order valence-electron chi connectivity index (χ3n) is 2.32. The standard InChI is InChI=1S/C12H19N3O/c13-7-3-1-2-6-12(16)15-10-11-5-4-8-14-9-11/h4-5,8-9H,1-3,6-7,10,13H2,(H,15,16). The molecule has 0 saturated heterocycles. The van der Waals surface area contributed by atoms with Crippen LogP contribution in [0.5, 0.6) is 0 Å². The Bertz CT molecular complexity index is 300. The largest absolute Gasteiger partial charge is 0.352 e. The summed E-state index contributed by atoms with van der Waals surface area (Å²) in [5, 5.41) is 2.87. The first kappa shape index (κ1) is 12.6. The van der Waals surface area contributed by atoms with Gasteiger partial charge in [-0.3, -0.25) is 9.78 Å². The Morgan fingerprint density at radius 2 is 2.25 bits per heavy atom. The summed E-state index contributed by atoms with van der Waals surface area (Å²) < 4.78 is 0. The van der Waals surface area contributed by atoms with E-state index >= 15 is 0 Å². The van der Waals surface area contributed by atoms with Crippen LogP contribution in [-0.4, -0.2) is 17.4 Å². The SMILES string of the molecule is NCCCCCC(=O)NCc1cccnc1. The molecule has 1 heterocycles. The first-order valence-electron chi connectivity index (χ1n) is 5.68. The third-order valence-corrected chi connectivity index (χ3v) is 2.32. The summed E-state index contributed by atoms with van der Waals surface area (Å²) in [6.45, 7) is 1.26. The van der Waals surface area contributed by atoms with Crippen LogP contribution in [0.1, 0.15) is 31.2 Å². The predicted molar refractivity (Wildman–Crippen MR) is 63.6 cm³/mol. The number of carbonyl (C=O) groups excluding carboxylic acids is 1. The summed E-state index contributed by atoms with van der Waals surface area (Å²) in [7, 11) is 0. The van der Waals surface area contributed by atoms with Crippen LogP contribution in [0, 0.1) is 0 Å². The lowest BCUT2D eigenvalue weighted by Crippen LogP contribution is -2.22. The molecule has 0 atom stereocenters. The second kappa shape index (κ2) is 7.82. The molecule has 4 nitrogen and oxygen atoms in total. The van der Waals surface area contributed by atoms with Crippen LogP contribution in [0.4, 0.5) is 0 Å². The maximum Gasteiger partial charge on any atom is 0.220 e. The van der Waals surface area contributed by atoms with Gasteiger partial charge in [-0.1, -0.05) is 12.5 Å². The Morgan fingerprint density at radius 1 is 1.38 bits per heavy atom. The second-order valence-corrected chi connectivity index (χ2v) is 3.74. The molecule has 0 fully saturated rings. The fourth-order valence-corrected chi connectivity index (χ4v) is 1.40. The van der Waals surface area contributed by atoms with Crippen molar-refractivity contribution < 1.29 is 4.79 Å². The van der Waals surface area contributed by atoms with Crippen LogP contribution in [-0.2, 0) is 11.3 Å². The van der Waals surface area contributed by atoms with Crippen molar-refractivity contribution in [2.24, 2.45) is 5.73 Å². The number of rotatable bonds is 7. The van der Waals surface area contributed by atoms with E-state index in [-0.39, 0.29) is 5.91 Å². The van der Waals surface area contributed by atoms with E-state index in [1.165, 1.54) is 0 Å². The number of unbranched alkanes of at least 4 members (excludes halogenated alkanes) is 2. The summed E-state index contributed by atoms with van der Waals surface area (Å²) >= 11 is 0. The molecule has 16 heavy (non-hydrogen) atoms. The van der Waals surface area contributed by atoms with Gasteiger partial charge in [-0.15, -0.1) is 0 Å². The Balaban J connectivity index is 2.11. The van der Waals surface area contributed by atoms with E-state index in [9.17, 15) is 4.79 Å². The third kappa shape index (κ3) is 5.46. The fourth-order valence-electron chi connectivity index (χ4n) is 1.40. The molecular formula is C12H19N3O. The van der Waals surface area contributed by atoms with Crippen LogP contribution in [0.3, 0.4) is 0 Å². The average Bonchev–Trinajstić information content (AvgIpc) is 2.33. The summed E-state index contributed by atoms with van der Waals surface area (Å²) in [4.78, 5) is 15.4. The molecule has 88 valence electrons. The second-order valence-electron chi connectivity index (χ2n) is 3.74. The van der Waals surface area contributed by atoms with Gasteiger partial charge in [0.25, 0.3) is 0 Å². The first-order valence-corrected chi connectivity index (χ1v) is 5.68. The predicted octanol–water partition coefficient (Wildman–Crippen LogP) is 1.22. The number of nitrogens with one attached hydrogen (secondary N) is 1. The Hall–Kier alpha value is -1.42. The fraction of sp³-hybridized carbons (Fsp3) is 0.500. The monoisotopic (exact) mass is 221 g/mol. The lowest BCUT2D eigenvalue weighted by molar-refractivity contribution is -0.121. The molecule has 0 aromatic carbocycles. The topological polar surface area (TPSA) is 68.0 Å². The lowest BCUT2D eigenvalue weighted by atomic mass is 10.2. The van der Waals surface area contributed by atoms with E-state index < -0.39 is 0 Å². The summed E-state index contributed by atoms with van der Waals surface area (Å²) in [6.07, 6.45) is 7.00. The molecule has 0 radical (unpaired) electrons. The number of hydrogen-bond acceptors (Lipinski definition) is 3. The number of amides is 1. The highest BCUT2D eigenvalue weighted by molar-refractivity contribution is 5.75. The zero-order valence-electron chi connectivity index (χ0n) is 9.48. The van der Waals surface area contributed by atoms with E-state index in [1.54, 1.807) is 12.4 Å². The van der Waals surface area contributed by atoms with Gasteiger partial charge in [0.15, 0.2) is 0 Å². The zero-order chi connectivity index (χ0) is 11.6. The molecule has 1 rings (SSSR count). The van der Waals surface area contributed by atoms with Crippen LogP contribution < -0.4 is 11.1 Å². The number of carbonyl (C=O) groups is 1. The summed E-state index contributed by atoms with van der Waals surface area (Å²) in [5.74, 6) is 0.0980. The molecule has 3 N–H and O–H groups in total. The van der Waals surface area contributed by atoms with E-state index in [0.717, 1.165) is 24.8 Å². The number of nitrogens with zero attached hydrogens (tertiary/aromatic N) is 1. The minimum atomic E-state index is 0.0980. The molecule has 1 aromatic heterocycles. The smallest absolute Gasteiger partial charge is 0.220 e. The van der Waals surface area contributed by atoms with Crippen molar-refractivity contribution in [3.05, 3.63) is 30.1 Å². The van der Waals surface area contributed by atoms with Gasteiger partial charge >= 0.3 is 0 Å². The number of aromatic nitrogens is 1. The molecule has 1 amide bonds. The number of hydrogen-bond donors (Lipinski definition) is 2. The van der Waals surface area contributed by atoms with Crippen molar-refractivity contribution in [2.75, 3.05) is 6.54 Å². The first-order chi connectivity index (χ1) is 7.83. The van der Waals surface area contributed by atoms with Crippen molar-refractivity contribution in [1.82, 2.24) is 10.3 Å². The Morgan fingerprint density at radius 3 is 2.94 bits per heavy atom. The highest BCUT2D eigenvalue weighted by Crippen LogP contribution is 1.99. The number of pyridine rings is 1. The molecule has 0 aliphatic rings. The molecule has 0 unspecified atom stereocenters. The number of nitrogens with two attached hydrogens (primary N) is 1. The summed E-state index contributed by atoms with van der Waals surface area (Å²) in [6, 6.07) is 3.81.